The van der Waals surface area contributed by atoms with Crippen molar-refractivity contribution in [2.75, 3.05) is 12.4 Å². The second-order valence-corrected chi connectivity index (χ2v) is 2.65. The van der Waals surface area contributed by atoms with Gasteiger partial charge in [-0.3, -0.25) is 4.79 Å². The molecule has 68 valence electrons. The first-order valence-electron chi connectivity index (χ1n) is 3.80. The molecule has 2 N–H and O–H groups in total. The summed E-state index contributed by atoms with van der Waals surface area (Å²) in [5, 5.41) is 5.39. The monoisotopic (exact) mass is 194 g/mol. The van der Waals surface area contributed by atoms with Crippen LogP contribution in [0.2, 0.25) is 0 Å². The van der Waals surface area contributed by atoms with E-state index in [9.17, 15) is 4.79 Å². The third-order valence-corrected chi connectivity index (χ3v) is 1.72. The summed E-state index contributed by atoms with van der Waals surface area (Å²) in [4.78, 5) is 11.1. The van der Waals surface area contributed by atoms with Gasteiger partial charge in [0.05, 0.1) is 5.49 Å². The minimum Gasteiger partial charge on any atom is -0.355 e. The van der Waals surface area contributed by atoms with Crippen molar-refractivity contribution in [2.45, 2.75) is 0 Å². The van der Waals surface area contributed by atoms with Gasteiger partial charge in [0.2, 0.25) is 0 Å². The lowest BCUT2D eigenvalue weighted by molar-refractivity contribution is 0.0963. The maximum atomic E-state index is 11.1. The number of nitrogens with one attached hydrogen (secondary N) is 2. The Morgan fingerprint density at radius 3 is 2.46 bits per heavy atom. The number of hydrogen-bond donors (Lipinski definition) is 2. The van der Waals surface area contributed by atoms with Crippen LogP contribution in [0.5, 0.6) is 0 Å². The van der Waals surface area contributed by atoms with Crippen LogP contribution in [0, 0.1) is 0 Å². The van der Waals surface area contributed by atoms with Crippen LogP contribution in [0.1, 0.15) is 10.4 Å². The fourth-order valence-electron chi connectivity index (χ4n) is 0.930. The van der Waals surface area contributed by atoms with E-state index in [1.165, 1.54) is 5.49 Å². The van der Waals surface area contributed by atoms with E-state index in [0.717, 1.165) is 5.69 Å². The van der Waals surface area contributed by atoms with E-state index in [1.807, 2.05) is 0 Å². The van der Waals surface area contributed by atoms with Gasteiger partial charge in [0.15, 0.2) is 0 Å². The summed E-state index contributed by atoms with van der Waals surface area (Å²) in [5.74, 6) is -0.0890. The number of anilines is 1. The molecule has 0 aliphatic carbocycles. The molecule has 0 radical (unpaired) electrons. The molecule has 1 rings (SSSR count). The summed E-state index contributed by atoms with van der Waals surface area (Å²) in [6, 6.07) is 7.07. The highest BCUT2D eigenvalue weighted by atomic mass is 32.1. The van der Waals surface area contributed by atoms with Crippen LogP contribution in [0.3, 0.4) is 0 Å². The van der Waals surface area contributed by atoms with E-state index in [1.54, 1.807) is 31.3 Å². The Morgan fingerprint density at radius 2 is 2.00 bits per heavy atom. The average Bonchev–Trinajstić information content (AvgIpc) is 2.18. The van der Waals surface area contributed by atoms with Gasteiger partial charge in [-0.1, -0.05) is 12.2 Å². The summed E-state index contributed by atoms with van der Waals surface area (Å²) in [7, 11) is 1.60. The molecular weight excluding hydrogens is 184 g/mol. The highest BCUT2D eigenvalue weighted by molar-refractivity contribution is 7.79. The number of hydrogen-bond acceptors (Lipinski definition) is 2. The molecule has 0 aromatic heterocycles. The quantitative estimate of drug-likeness (QED) is 0.715. The minimum atomic E-state index is -0.0890. The molecule has 13 heavy (non-hydrogen) atoms. The van der Waals surface area contributed by atoms with Crippen molar-refractivity contribution < 1.29 is 4.79 Å². The van der Waals surface area contributed by atoms with Gasteiger partial charge >= 0.3 is 0 Å². The molecule has 1 aromatic rings. The first kappa shape index (κ1) is 9.67. The van der Waals surface area contributed by atoms with Gasteiger partial charge in [-0.15, -0.1) is 0 Å². The number of benzene rings is 1. The standard InChI is InChI=1S/C9H10N2OS/c1-10-9(12)7-2-4-8(5-3-7)11-6-13/h2-6H,1H3,(H,10,12)(H,11,13). The van der Waals surface area contributed by atoms with Crippen LogP contribution in [0.25, 0.3) is 0 Å². The molecule has 0 heterocycles. The lowest BCUT2D eigenvalue weighted by Gasteiger charge is -2.01. The summed E-state index contributed by atoms with van der Waals surface area (Å²) >= 11 is 4.63. The third-order valence-electron chi connectivity index (χ3n) is 1.60. The fourth-order valence-corrected chi connectivity index (χ4v) is 1.07. The molecule has 0 unspecified atom stereocenters. The predicted octanol–water partition coefficient (Wildman–Crippen LogP) is 1.42. The van der Waals surface area contributed by atoms with Crippen molar-refractivity contribution in [3.05, 3.63) is 29.8 Å². The first-order chi connectivity index (χ1) is 6.27. The SMILES string of the molecule is CNC(=O)c1ccc(NC=S)cc1. The van der Waals surface area contributed by atoms with Gasteiger partial charge in [0.25, 0.3) is 5.91 Å². The normalized spacial score (nSPS) is 9.00. The number of carbonyl (C=O) groups is 1. The van der Waals surface area contributed by atoms with Crippen molar-refractivity contribution >= 4 is 29.3 Å². The summed E-state index contributed by atoms with van der Waals surface area (Å²) in [5.41, 5.74) is 2.94. The summed E-state index contributed by atoms with van der Waals surface area (Å²) in [6.45, 7) is 0. The van der Waals surface area contributed by atoms with Crippen molar-refractivity contribution in [3.8, 4) is 0 Å². The molecule has 0 saturated heterocycles. The number of carbonyl (C=O) groups excluding carboxylic acids is 1. The lowest BCUT2D eigenvalue weighted by Crippen LogP contribution is -2.17. The van der Waals surface area contributed by atoms with Crippen LogP contribution < -0.4 is 10.6 Å². The van der Waals surface area contributed by atoms with Gasteiger partial charge in [-0.05, 0) is 24.3 Å². The zero-order chi connectivity index (χ0) is 9.68. The Balaban J connectivity index is 2.80. The van der Waals surface area contributed by atoms with Gasteiger partial charge in [-0.25, -0.2) is 0 Å². The number of amides is 1. The predicted molar refractivity (Wildman–Crippen MR) is 57.1 cm³/mol. The molecular formula is C9H10N2OS. The maximum Gasteiger partial charge on any atom is 0.251 e. The van der Waals surface area contributed by atoms with E-state index in [2.05, 4.69) is 22.9 Å². The molecule has 0 bridgehead atoms. The van der Waals surface area contributed by atoms with E-state index in [4.69, 9.17) is 0 Å². The number of rotatable bonds is 3. The summed E-state index contributed by atoms with van der Waals surface area (Å²) in [6.07, 6.45) is 0. The zero-order valence-electron chi connectivity index (χ0n) is 7.20. The van der Waals surface area contributed by atoms with Crippen LogP contribution >= 0.6 is 12.2 Å². The van der Waals surface area contributed by atoms with E-state index in [-0.39, 0.29) is 5.91 Å². The van der Waals surface area contributed by atoms with Gasteiger partial charge in [-0.2, -0.15) is 0 Å². The molecule has 1 aromatic carbocycles. The van der Waals surface area contributed by atoms with Gasteiger partial charge < -0.3 is 10.6 Å². The first-order valence-corrected chi connectivity index (χ1v) is 4.27. The molecule has 0 aliphatic heterocycles. The largest absolute Gasteiger partial charge is 0.355 e. The molecule has 0 spiro atoms. The highest BCUT2D eigenvalue weighted by Crippen LogP contribution is 2.08. The van der Waals surface area contributed by atoms with Crippen molar-refractivity contribution in [1.29, 1.82) is 0 Å². The second-order valence-electron chi connectivity index (χ2n) is 2.42. The average molecular weight is 194 g/mol. The molecule has 4 heteroatoms. The third kappa shape index (κ3) is 2.52. The van der Waals surface area contributed by atoms with Crippen LogP contribution in [-0.2, 0) is 0 Å². The topological polar surface area (TPSA) is 41.1 Å². The molecule has 0 fully saturated rings. The molecule has 1 amide bonds. The van der Waals surface area contributed by atoms with Crippen LogP contribution in [0.15, 0.2) is 24.3 Å². The Kier molecular flexibility index (Phi) is 3.40. The highest BCUT2D eigenvalue weighted by Gasteiger charge is 2.00. The Bertz CT molecular complexity index is 308. The van der Waals surface area contributed by atoms with Crippen LogP contribution in [-0.4, -0.2) is 18.4 Å². The molecule has 0 aliphatic rings. The van der Waals surface area contributed by atoms with Crippen LogP contribution in [0.4, 0.5) is 5.69 Å². The van der Waals surface area contributed by atoms with Crippen molar-refractivity contribution in [2.24, 2.45) is 0 Å². The van der Waals surface area contributed by atoms with E-state index in [0.29, 0.717) is 5.56 Å². The van der Waals surface area contributed by atoms with E-state index < -0.39 is 0 Å². The van der Waals surface area contributed by atoms with Gasteiger partial charge in [0.1, 0.15) is 0 Å². The van der Waals surface area contributed by atoms with Crippen molar-refractivity contribution in [3.63, 3.8) is 0 Å². The summed E-state index contributed by atoms with van der Waals surface area (Å²) < 4.78 is 0. The number of thiocarbonyl (C=S) groups is 1. The zero-order valence-corrected chi connectivity index (χ0v) is 8.02. The molecule has 0 saturated carbocycles. The Morgan fingerprint density at radius 1 is 1.38 bits per heavy atom. The smallest absolute Gasteiger partial charge is 0.251 e. The maximum absolute atomic E-state index is 11.1. The fraction of sp³-hybridized carbons (Fsp3) is 0.111. The Labute approximate surface area is 82.1 Å². The van der Waals surface area contributed by atoms with E-state index >= 15 is 0 Å². The molecule has 3 nitrogen and oxygen atoms in total. The second kappa shape index (κ2) is 4.57. The van der Waals surface area contributed by atoms with Gasteiger partial charge in [0, 0.05) is 18.3 Å². The van der Waals surface area contributed by atoms with Crippen molar-refractivity contribution in [1.82, 2.24) is 5.32 Å². The lowest BCUT2D eigenvalue weighted by atomic mass is 10.2. The Hall–Kier alpha value is -1.42. The minimum absolute atomic E-state index is 0.0890. The molecule has 0 atom stereocenters.